The van der Waals surface area contributed by atoms with Crippen molar-refractivity contribution in [2.75, 3.05) is 37.4 Å². The van der Waals surface area contributed by atoms with Crippen LogP contribution < -0.4 is 42.1 Å². The number of aryl methyl sites for hydroxylation is 2. The summed E-state index contributed by atoms with van der Waals surface area (Å²) in [6, 6.07) is 24.7. The molecule has 4 amide bonds. The standard InChI is InChI=1S/C58H62N10O13S/c1-32-26-33(2)52(47(27-32)68(77)78)58(4,5)53(64-50(71)31-61-82(79,80)41-20-13-36(14-21-41)66-65-35-11-16-38(17-12-35)67(6)7)56(74)62-34(3)55(73)63-46(54(59)72)10-8-9-25-60-37-15-22-42(45(28-37)57(75)76)51-43-23-18-39(69)29-48(43)81-49-30-40(70)19-24-44(49)51/h11-24,26-30,34,46,53,60-61,69H,8-10,25,31H2,1-7H3,(H2,59,72)(H,62,74)(H,63,73)(H,64,71)(H,75,76)/t34-,46-,53?/m0/s1. The fourth-order valence-corrected chi connectivity index (χ4v) is 10.6. The van der Waals surface area contributed by atoms with Crippen molar-refractivity contribution in [1.82, 2.24) is 20.7 Å². The maximum Gasteiger partial charge on any atom is 0.336 e. The zero-order chi connectivity index (χ0) is 59.8. The van der Waals surface area contributed by atoms with Crippen molar-refractivity contribution in [1.29, 1.82) is 0 Å². The first-order valence-corrected chi connectivity index (χ1v) is 27.3. The zero-order valence-corrected chi connectivity index (χ0v) is 46.7. The molecule has 9 N–H and O–H groups in total. The second-order valence-electron chi connectivity index (χ2n) is 20.4. The lowest BCUT2D eigenvalue weighted by Crippen LogP contribution is -2.61. The van der Waals surface area contributed by atoms with E-state index in [4.69, 9.17) is 10.2 Å². The molecule has 1 aliphatic carbocycles. The number of carbonyl (C=O) groups is 5. The molecule has 0 saturated heterocycles. The second-order valence-corrected chi connectivity index (χ2v) is 22.1. The van der Waals surface area contributed by atoms with Crippen LogP contribution in [0.1, 0.15) is 67.1 Å². The predicted octanol–water partition coefficient (Wildman–Crippen LogP) is 7.47. The van der Waals surface area contributed by atoms with E-state index in [2.05, 4.69) is 36.2 Å². The Balaban J connectivity index is 0.990. The van der Waals surface area contributed by atoms with Crippen LogP contribution in [0, 0.1) is 24.0 Å². The number of carbonyl (C=O) groups excluding carboxylic acids is 4. The number of primary amides is 1. The Morgan fingerprint density at radius 2 is 1.48 bits per heavy atom. The monoisotopic (exact) mass is 1140 g/mol. The molecule has 0 fully saturated rings. The normalized spacial score (nSPS) is 12.8. The first-order valence-electron chi connectivity index (χ1n) is 25.8. The zero-order valence-electron chi connectivity index (χ0n) is 45.9. The van der Waals surface area contributed by atoms with E-state index in [1.54, 1.807) is 56.3 Å². The molecule has 1 aliphatic heterocycles. The highest BCUT2D eigenvalue weighted by molar-refractivity contribution is 7.89. The van der Waals surface area contributed by atoms with Gasteiger partial charge in [0, 0.05) is 77.7 Å². The quantitative estimate of drug-likeness (QED) is 0.00956. The first-order chi connectivity index (χ1) is 38.7. The SMILES string of the molecule is Cc1cc(C)c(C(C)(C)C(NC(=O)CNS(=O)(=O)c2ccc(N=Nc3ccc(N(C)C)cc3)cc2)C(=O)N[C@@H](C)C(=O)N[C@@H](CCCCNc2ccc(-c3c4ccc(=O)cc-4oc4cc(O)ccc34)c(C(=O)O)c2)C(N)=O)c([N+](=O)[O-])c1. The van der Waals surface area contributed by atoms with Gasteiger partial charge in [0.1, 0.15) is 35.2 Å². The first kappa shape index (κ1) is 60.1. The number of hydrogen-bond donors (Lipinski definition) is 8. The summed E-state index contributed by atoms with van der Waals surface area (Å²) in [5, 5.41) is 52.6. The number of azo groups is 1. The lowest BCUT2D eigenvalue weighted by molar-refractivity contribution is -0.386. The minimum absolute atomic E-state index is 0.0578. The van der Waals surface area contributed by atoms with Gasteiger partial charge in [-0.2, -0.15) is 10.2 Å². The Hall–Kier alpha value is -9.55. The van der Waals surface area contributed by atoms with Crippen LogP contribution in [0.25, 0.3) is 33.4 Å². The number of benzene rings is 6. The summed E-state index contributed by atoms with van der Waals surface area (Å²) in [5.41, 5.74) is 8.30. The summed E-state index contributed by atoms with van der Waals surface area (Å²) in [6.45, 7) is 6.96. The largest absolute Gasteiger partial charge is 0.508 e. The van der Waals surface area contributed by atoms with Gasteiger partial charge in [0.05, 0.1) is 33.3 Å². The van der Waals surface area contributed by atoms with E-state index in [0.717, 1.165) is 5.69 Å². The molecular formula is C58H62N10O13S. The Morgan fingerprint density at radius 1 is 0.817 bits per heavy atom. The third kappa shape index (κ3) is 14.2. The number of fused-ring (bicyclic) bond motifs is 2. The molecule has 0 spiro atoms. The van der Waals surface area contributed by atoms with Gasteiger partial charge in [0.2, 0.25) is 33.7 Å². The minimum Gasteiger partial charge on any atom is -0.508 e. The molecule has 5 aromatic rings. The van der Waals surface area contributed by atoms with Crippen molar-refractivity contribution in [2.45, 2.75) is 82.3 Å². The molecule has 23 nitrogen and oxygen atoms in total. The van der Waals surface area contributed by atoms with E-state index >= 15 is 0 Å². The highest BCUT2D eigenvalue weighted by Crippen LogP contribution is 2.43. The van der Waals surface area contributed by atoms with Gasteiger partial charge in [-0.05, 0) is 142 Å². The molecule has 0 saturated carbocycles. The number of aromatic hydroxyl groups is 1. The van der Waals surface area contributed by atoms with Crippen LogP contribution in [0.3, 0.4) is 0 Å². The number of anilines is 2. The fourth-order valence-electron chi connectivity index (χ4n) is 9.58. The van der Waals surface area contributed by atoms with Crippen LogP contribution >= 0.6 is 0 Å². The van der Waals surface area contributed by atoms with E-state index in [9.17, 15) is 57.5 Å². The lowest BCUT2D eigenvalue weighted by atomic mass is 9.74. The summed E-state index contributed by atoms with van der Waals surface area (Å²) in [4.78, 5) is 93.0. The van der Waals surface area contributed by atoms with Gasteiger partial charge in [0.25, 0.3) is 5.69 Å². The number of nitrogens with zero attached hydrogens (tertiary/aromatic N) is 4. The second kappa shape index (κ2) is 25.3. The molecule has 0 aromatic heterocycles. The van der Waals surface area contributed by atoms with Crippen LogP contribution in [0.4, 0.5) is 28.4 Å². The molecule has 428 valence electrons. The summed E-state index contributed by atoms with van der Waals surface area (Å²) in [7, 11) is -0.525. The molecule has 82 heavy (non-hydrogen) atoms. The number of carboxylic acid groups (broad SMARTS) is 1. The molecule has 24 heteroatoms. The average Bonchev–Trinajstić information content (AvgIpc) is 1.88. The van der Waals surface area contributed by atoms with Crippen molar-refractivity contribution in [3.8, 4) is 28.2 Å². The number of sulfonamides is 1. The van der Waals surface area contributed by atoms with Gasteiger partial charge in [-0.1, -0.05) is 26.0 Å². The third-order valence-corrected chi connectivity index (χ3v) is 15.1. The van der Waals surface area contributed by atoms with Crippen molar-refractivity contribution < 1.29 is 51.9 Å². The number of nitro groups is 1. The van der Waals surface area contributed by atoms with E-state index in [1.807, 2.05) is 31.1 Å². The number of nitro benzene ring substituents is 1. The third-order valence-electron chi connectivity index (χ3n) is 13.7. The van der Waals surface area contributed by atoms with Crippen molar-refractivity contribution in [3.05, 3.63) is 158 Å². The lowest BCUT2D eigenvalue weighted by Gasteiger charge is -2.35. The van der Waals surface area contributed by atoms with Gasteiger partial charge < -0.3 is 46.5 Å². The highest BCUT2D eigenvalue weighted by Gasteiger charge is 2.44. The van der Waals surface area contributed by atoms with Crippen LogP contribution in [0.5, 0.6) is 5.75 Å². The number of phenols is 1. The van der Waals surface area contributed by atoms with E-state index < -0.39 is 74.6 Å². The smallest absolute Gasteiger partial charge is 0.336 e. The Morgan fingerprint density at radius 3 is 2.11 bits per heavy atom. The van der Waals surface area contributed by atoms with Crippen molar-refractivity contribution in [2.24, 2.45) is 16.0 Å². The fraction of sp³-hybridized carbons (Fsp3) is 0.276. The number of phenolic OH excluding ortho intramolecular Hbond substituents is 1. The predicted molar refractivity (Wildman–Crippen MR) is 308 cm³/mol. The van der Waals surface area contributed by atoms with E-state index in [-0.39, 0.29) is 50.7 Å². The van der Waals surface area contributed by atoms with Gasteiger partial charge >= 0.3 is 5.97 Å². The number of unbranched alkanes of at least 4 members (excludes halogenated alkanes) is 1. The summed E-state index contributed by atoms with van der Waals surface area (Å²) >= 11 is 0. The summed E-state index contributed by atoms with van der Waals surface area (Å²) in [6.07, 6.45) is 0.801. The molecule has 2 aliphatic rings. The average molecular weight is 1140 g/mol. The number of rotatable bonds is 24. The Kier molecular flexibility index (Phi) is 18.5. The number of carboxylic acids is 1. The summed E-state index contributed by atoms with van der Waals surface area (Å²) in [5.74, 6) is -4.81. The molecule has 1 unspecified atom stereocenters. The molecular weight excluding hydrogens is 1080 g/mol. The van der Waals surface area contributed by atoms with Gasteiger partial charge in [-0.15, -0.1) is 0 Å². The molecule has 5 aromatic carbocycles. The number of hydrogen-bond acceptors (Lipinski definition) is 16. The molecule has 1 heterocycles. The molecule has 0 radical (unpaired) electrons. The number of nitrogens with one attached hydrogen (secondary N) is 5. The maximum absolute atomic E-state index is 14.4. The number of aromatic carboxylic acids is 1. The Bertz CT molecular complexity index is 3770. The van der Waals surface area contributed by atoms with Crippen LogP contribution in [0.2, 0.25) is 0 Å². The molecule has 7 rings (SSSR count). The molecule has 0 bridgehead atoms. The Labute approximate surface area is 471 Å². The minimum atomic E-state index is -4.33. The number of nitrogens with two attached hydrogens (primary N) is 1. The van der Waals surface area contributed by atoms with E-state index in [1.165, 1.54) is 81.4 Å². The van der Waals surface area contributed by atoms with Crippen LogP contribution in [-0.4, -0.2) is 98.5 Å². The number of amides is 4. The summed E-state index contributed by atoms with van der Waals surface area (Å²) < 4.78 is 34.9. The van der Waals surface area contributed by atoms with Crippen molar-refractivity contribution >= 4 is 79.0 Å². The molecule has 3 atom stereocenters. The van der Waals surface area contributed by atoms with Crippen LogP contribution in [0.15, 0.2) is 140 Å². The van der Waals surface area contributed by atoms with Crippen molar-refractivity contribution in [3.63, 3.8) is 0 Å². The maximum atomic E-state index is 14.4. The van der Waals surface area contributed by atoms with Gasteiger partial charge in [-0.3, -0.25) is 34.1 Å². The van der Waals surface area contributed by atoms with Gasteiger partial charge in [-0.25, -0.2) is 17.9 Å². The highest BCUT2D eigenvalue weighted by atomic mass is 32.2. The topological polar surface area (TPSA) is 347 Å². The van der Waals surface area contributed by atoms with Crippen LogP contribution in [-0.2, 0) is 34.6 Å². The van der Waals surface area contributed by atoms with E-state index in [0.29, 0.717) is 69.7 Å². The van der Waals surface area contributed by atoms with Gasteiger partial charge in [0.15, 0.2) is 5.43 Å².